The van der Waals surface area contributed by atoms with E-state index in [-0.39, 0.29) is 5.91 Å². The highest BCUT2D eigenvalue weighted by Crippen LogP contribution is 2.36. The molecule has 0 spiro atoms. The van der Waals surface area contributed by atoms with Gasteiger partial charge < -0.3 is 10.6 Å². The number of carbonyl (C=O) groups is 1. The molecule has 92 valence electrons. The summed E-state index contributed by atoms with van der Waals surface area (Å²) in [7, 11) is 0. The summed E-state index contributed by atoms with van der Waals surface area (Å²) < 4.78 is 0. The summed E-state index contributed by atoms with van der Waals surface area (Å²) in [5.74, 6) is 0.214. The molecule has 0 aromatic rings. The Bertz CT molecular complexity index is 259. The van der Waals surface area contributed by atoms with Crippen molar-refractivity contribution in [2.75, 3.05) is 6.54 Å². The second-order valence-electron chi connectivity index (χ2n) is 5.98. The first kappa shape index (κ1) is 11.9. The Morgan fingerprint density at radius 3 is 2.62 bits per heavy atom. The van der Waals surface area contributed by atoms with E-state index in [1.807, 2.05) is 0 Å². The Balaban J connectivity index is 1.61. The zero-order valence-corrected chi connectivity index (χ0v) is 10.5. The molecule has 0 aromatic carbocycles. The molecule has 1 amide bonds. The predicted octanol–water partition coefficient (Wildman–Crippen LogP) is 1.82. The molecule has 0 bridgehead atoms. The summed E-state index contributed by atoms with van der Waals surface area (Å²) in [6.45, 7) is 5.47. The average molecular weight is 224 g/mol. The van der Waals surface area contributed by atoms with Crippen LogP contribution in [0.2, 0.25) is 0 Å². The van der Waals surface area contributed by atoms with E-state index in [0.717, 1.165) is 6.54 Å². The summed E-state index contributed by atoms with van der Waals surface area (Å²) in [6, 6.07) is 1.09. The maximum atomic E-state index is 11.5. The monoisotopic (exact) mass is 224 g/mol. The molecule has 2 aliphatic rings. The van der Waals surface area contributed by atoms with E-state index in [1.165, 1.54) is 32.1 Å². The lowest BCUT2D eigenvalue weighted by molar-refractivity contribution is -0.121. The molecule has 0 heterocycles. The van der Waals surface area contributed by atoms with Crippen LogP contribution in [0, 0.1) is 5.41 Å². The van der Waals surface area contributed by atoms with Gasteiger partial charge in [0.2, 0.25) is 5.91 Å². The number of hydrogen-bond acceptors (Lipinski definition) is 2. The van der Waals surface area contributed by atoms with Crippen LogP contribution in [0.5, 0.6) is 0 Å². The molecule has 2 aliphatic carbocycles. The Kier molecular flexibility index (Phi) is 3.53. The molecule has 0 aliphatic heterocycles. The molecule has 0 saturated heterocycles. The zero-order chi connectivity index (χ0) is 11.6. The van der Waals surface area contributed by atoms with E-state index < -0.39 is 0 Å². The topological polar surface area (TPSA) is 41.1 Å². The highest BCUT2D eigenvalue weighted by atomic mass is 16.1. The molecule has 3 heteroatoms. The average Bonchev–Trinajstić information content (AvgIpc) is 2.93. The minimum Gasteiger partial charge on any atom is -0.353 e. The lowest BCUT2D eigenvalue weighted by Gasteiger charge is -2.27. The van der Waals surface area contributed by atoms with E-state index in [0.29, 0.717) is 23.9 Å². The third-order valence-electron chi connectivity index (χ3n) is 3.94. The maximum Gasteiger partial charge on any atom is 0.221 e. The molecule has 1 unspecified atom stereocenters. The maximum absolute atomic E-state index is 11.5. The number of rotatable bonds is 5. The number of carbonyl (C=O) groups excluding carboxylic acids is 1. The van der Waals surface area contributed by atoms with Crippen molar-refractivity contribution in [2.45, 2.75) is 64.5 Å². The Labute approximate surface area is 98.4 Å². The Hall–Kier alpha value is -0.570. The van der Waals surface area contributed by atoms with Gasteiger partial charge in [-0.3, -0.25) is 4.79 Å². The van der Waals surface area contributed by atoms with Gasteiger partial charge in [-0.2, -0.15) is 0 Å². The molecule has 2 saturated carbocycles. The third-order valence-corrected chi connectivity index (χ3v) is 3.94. The summed E-state index contributed by atoms with van der Waals surface area (Å²) >= 11 is 0. The van der Waals surface area contributed by atoms with E-state index in [9.17, 15) is 4.79 Å². The highest BCUT2D eigenvalue weighted by molar-refractivity contribution is 5.76. The smallest absolute Gasteiger partial charge is 0.221 e. The van der Waals surface area contributed by atoms with Crippen molar-refractivity contribution in [1.29, 1.82) is 0 Å². The molecule has 2 fully saturated rings. The van der Waals surface area contributed by atoms with Gasteiger partial charge in [-0.25, -0.2) is 0 Å². The molecule has 0 aromatic heterocycles. The molecular formula is C13H24N2O. The van der Waals surface area contributed by atoms with Gasteiger partial charge in [0.15, 0.2) is 0 Å². The van der Waals surface area contributed by atoms with Crippen molar-refractivity contribution in [3.05, 3.63) is 0 Å². The molecule has 16 heavy (non-hydrogen) atoms. The molecule has 3 nitrogen and oxygen atoms in total. The first-order chi connectivity index (χ1) is 7.58. The fraction of sp³-hybridized carbons (Fsp3) is 0.923. The fourth-order valence-corrected chi connectivity index (χ4v) is 2.59. The standard InChI is InChI=1S/C13H24N2O/c1-13(2)8-3-4-11(13)14-9-7-12(16)15-10-5-6-10/h10-11,14H,3-9H2,1-2H3,(H,15,16). The van der Waals surface area contributed by atoms with E-state index >= 15 is 0 Å². The fourth-order valence-electron chi connectivity index (χ4n) is 2.59. The second kappa shape index (κ2) is 4.74. The van der Waals surface area contributed by atoms with Gasteiger partial charge in [0.1, 0.15) is 0 Å². The lowest BCUT2D eigenvalue weighted by Crippen LogP contribution is -2.39. The molecule has 0 radical (unpaired) electrons. The minimum atomic E-state index is 0.214. The van der Waals surface area contributed by atoms with Crippen molar-refractivity contribution in [3.63, 3.8) is 0 Å². The van der Waals surface area contributed by atoms with Crippen LogP contribution in [0.25, 0.3) is 0 Å². The van der Waals surface area contributed by atoms with Crippen molar-refractivity contribution in [2.24, 2.45) is 5.41 Å². The summed E-state index contributed by atoms with van der Waals surface area (Å²) in [5.41, 5.74) is 0.410. The third kappa shape index (κ3) is 3.21. The van der Waals surface area contributed by atoms with Crippen LogP contribution in [0.15, 0.2) is 0 Å². The zero-order valence-electron chi connectivity index (χ0n) is 10.5. The van der Waals surface area contributed by atoms with Crippen LogP contribution >= 0.6 is 0 Å². The molecule has 1 atom stereocenters. The van der Waals surface area contributed by atoms with E-state index in [2.05, 4.69) is 24.5 Å². The van der Waals surface area contributed by atoms with Gasteiger partial charge in [-0.05, 0) is 31.1 Å². The first-order valence-electron chi connectivity index (χ1n) is 6.61. The van der Waals surface area contributed by atoms with Crippen molar-refractivity contribution >= 4 is 5.91 Å². The van der Waals surface area contributed by atoms with Crippen molar-refractivity contribution in [3.8, 4) is 0 Å². The predicted molar refractivity (Wildman–Crippen MR) is 65.2 cm³/mol. The van der Waals surface area contributed by atoms with Crippen LogP contribution in [-0.4, -0.2) is 24.5 Å². The summed E-state index contributed by atoms with van der Waals surface area (Å²) in [5, 5.41) is 6.56. The van der Waals surface area contributed by atoms with Gasteiger partial charge in [0.05, 0.1) is 0 Å². The largest absolute Gasteiger partial charge is 0.353 e. The molecule has 2 rings (SSSR count). The van der Waals surface area contributed by atoms with Gasteiger partial charge >= 0.3 is 0 Å². The SMILES string of the molecule is CC1(C)CCCC1NCCC(=O)NC1CC1. The van der Waals surface area contributed by atoms with Crippen LogP contribution in [-0.2, 0) is 4.79 Å². The van der Waals surface area contributed by atoms with Gasteiger partial charge in [-0.1, -0.05) is 20.3 Å². The molecule has 2 N–H and O–H groups in total. The van der Waals surface area contributed by atoms with Gasteiger partial charge in [0.25, 0.3) is 0 Å². The Morgan fingerprint density at radius 1 is 1.31 bits per heavy atom. The van der Waals surface area contributed by atoms with Gasteiger partial charge in [0, 0.05) is 25.0 Å². The van der Waals surface area contributed by atoms with E-state index in [4.69, 9.17) is 0 Å². The highest BCUT2D eigenvalue weighted by Gasteiger charge is 2.33. The van der Waals surface area contributed by atoms with Gasteiger partial charge in [-0.15, -0.1) is 0 Å². The van der Waals surface area contributed by atoms with Crippen LogP contribution in [0.1, 0.15) is 52.4 Å². The normalized spacial score (nSPS) is 28.0. The van der Waals surface area contributed by atoms with Crippen LogP contribution in [0.4, 0.5) is 0 Å². The van der Waals surface area contributed by atoms with Crippen molar-refractivity contribution in [1.82, 2.24) is 10.6 Å². The first-order valence-corrected chi connectivity index (χ1v) is 6.61. The van der Waals surface area contributed by atoms with Crippen LogP contribution in [0.3, 0.4) is 0 Å². The minimum absolute atomic E-state index is 0.214. The quantitative estimate of drug-likeness (QED) is 0.748. The molecular weight excluding hydrogens is 200 g/mol. The Morgan fingerprint density at radius 2 is 2.06 bits per heavy atom. The number of hydrogen-bond donors (Lipinski definition) is 2. The number of amides is 1. The lowest BCUT2D eigenvalue weighted by atomic mass is 9.87. The summed E-state index contributed by atoms with van der Waals surface area (Å²) in [6.07, 6.45) is 6.86. The number of nitrogens with one attached hydrogen (secondary N) is 2. The van der Waals surface area contributed by atoms with E-state index in [1.54, 1.807) is 0 Å². The summed E-state index contributed by atoms with van der Waals surface area (Å²) in [4.78, 5) is 11.5. The van der Waals surface area contributed by atoms with Crippen LogP contribution < -0.4 is 10.6 Å². The second-order valence-corrected chi connectivity index (χ2v) is 5.98. The van der Waals surface area contributed by atoms with Crippen molar-refractivity contribution < 1.29 is 4.79 Å².